The minimum Gasteiger partial charge on any atom is -0.309 e. The molecule has 128 valence electrons. The molecule has 2 heterocycles. The van der Waals surface area contributed by atoms with Gasteiger partial charge in [0.15, 0.2) is 0 Å². The Hall–Kier alpha value is 0.240. The fourth-order valence-electron chi connectivity index (χ4n) is 3.40. The van der Waals surface area contributed by atoms with E-state index in [2.05, 4.69) is 27.1 Å². The molecule has 1 N–H and O–H groups in total. The molecule has 2 fully saturated rings. The van der Waals surface area contributed by atoms with Crippen molar-refractivity contribution >= 4 is 26.4 Å². The average molecular weight is 422 g/mol. The smallest absolute Gasteiger partial charge is 0.206 e. The van der Waals surface area contributed by atoms with Crippen LogP contribution >= 0.6 is 22.6 Å². The molecule has 2 aliphatic rings. The molecule has 0 amide bonds. The van der Waals surface area contributed by atoms with Gasteiger partial charge in [-0.25, -0.2) is 0 Å². The minimum absolute atomic E-state index is 0.197. The molecule has 0 atom stereocenters. The van der Waals surface area contributed by atoms with E-state index in [0.29, 0.717) is 6.54 Å². The number of hydrogen-bond acceptors (Lipinski definition) is 5. The summed E-state index contributed by atoms with van der Waals surface area (Å²) in [7, 11) is 2.22. The highest BCUT2D eigenvalue weighted by atomic mass is 127. The fraction of sp³-hybridized carbons (Fsp3) is 0.938. The number of nitrogens with zero attached hydrogens (tertiary/aromatic N) is 3. The zero-order valence-corrected chi connectivity index (χ0v) is 16.1. The summed E-state index contributed by atoms with van der Waals surface area (Å²) >= 11 is 1.84. The number of piperidine rings is 1. The number of piperazine rings is 1. The van der Waals surface area contributed by atoms with E-state index < -0.39 is 0 Å². The van der Waals surface area contributed by atoms with E-state index >= 15 is 0 Å². The van der Waals surface area contributed by atoms with Crippen LogP contribution in [0.15, 0.2) is 0 Å². The summed E-state index contributed by atoms with van der Waals surface area (Å²) in [6, 6.07) is 0. The maximum atomic E-state index is 10.8. The topological polar surface area (TPSA) is 38.8 Å². The summed E-state index contributed by atoms with van der Waals surface area (Å²) in [6.45, 7) is 11.4. The molecule has 0 bridgehead atoms. The second kappa shape index (κ2) is 10.2. The Morgan fingerprint density at radius 2 is 1.77 bits per heavy atom. The van der Waals surface area contributed by atoms with Crippen LogP contribution in [0.2, 0.25) is 0 Å². The fourth-order valence-corrected chi connectivity index (χ4v) is 3.67. The Labute approximate surface area is 148 Å². The SMILES string of the molecule is CN1CCN(CC2CCN(CCCNCC(=O)I)CC2)CC1. The molecule has 0 aliphatic carbocycles. The van der Waals surface area contributed by atoms with Gasteiger partial charge in [-0.05, 0) is 58.4 Å². The van der Waals surface area contributed by atoms with Crippen molar-refractivity contribution in [2.45, 2.75) is 19.3 Å². The van der Waals surface area contributed by atoms with Gasteiger partial charge in [-0.1, -0.05) is 0 Å². The molecule has 0 unspecified atom stereocenters. The largest absolute Gasteiger partial charge is 0.309 e. The van der Waals surface area contributed by atoms with Crippen molar-refractivity contribution < 1.29 is 4.79 Å². The first-order valence-corrected chi connectivity index (χ1v) is 9.73. The van der Waals surface area contributed by atoms with Gasteiger partial charge in [0.2, 0.25) is 3.79 Å². The van der Waals surface area contributed by atoms with E-state index in [9.17, 15) is 4.79 Å². The predicted molar refractivity (Wildman–Crippen MR) is 99.6 cm³/mol. The highest BCUT2D eigenvalue weighted by Crippen LogP contribution is 2.19. The van der Waals surface area contributed by atoms with Gasteiger partial charge in [0, 0.05) is 55.3 Å². The van der Waals surface area contributed by atoms with Gasteiger partial charge in [-0.3, -0.25) is 4.79 Å². The Morgan fingerprint density at radius 1 is 1.09 bits per heavy atom. The van der Waals surface area contributed by atoms with Crippen molar-refractivity contribution in [1.82, 2.24) is 20.0 Å². The van der Waals surface area contributed by atoms with Crippen molar-refractivity contribution in [2.75, 3.05) is 72.5 Å². The van der Waals surface area contributed by atoms with Gasteiger partial charge in [0.1, 0.15) is 0 Å². The Morgan fingerprint density at radius 3 is 2.41 bits per heavy atom. The lowest BCUT2D eigenvalue weighted by atomic mass is 9.96. The molecule has 6 heteroatoms. The third-order valence-electron chi connectivity index (χ3n) is 4.91. The summed E-state index contributed by atoms with van der Waals surface area (Å²) < 4.78 is 0.197. The third-order valence-corrected chi connectivity index (χ3v) is 5.29. The quantitative estimate of drug-likeness (QED) is 0.358. The van der Waals surface area contributed by atoms with Crippen molar-refractivity contribution in [3.63, 3.8) is 0 Å². The zero-order valence-electron chi connectivity index (χ0n) is 13.9. The van der Waals surface area contributed by atoms with Crippen molar-refractivity contribution in [2.24, 2.45) is 5.92 Å². The molecule has 0 aromatic heterocycles. The van der Waals surface area contributed by atoms with E-state index in [0.717, 1.165) is 18.9 Å². The van der Waals surface area contributed by atoms with Crippen LogP contribution in [0.1, 0.15) is 19.3 Å². The van der Waals surface area contributed by atoms with Gasteiger partial charge >= 0.3 is 0 Å². The van der Waals surface area contributed by atoms with Gasteiger partial charge < -0.3 is 20.0 Å². The molecule has 2 saturated heterocycles. The summed E-state index contributed by atoms with van der Waals surface area (Å²) in [5, 5.41) is 3.20. The number of carbonyl (C=O) groups excluding carboxylic acids is 1. The number of likely N-dealkylation sites (tertiary alicyclic amines) is 1. The highest BCUT2D eigenvalue weighted by molar-refractivity contribution is 14.1. The summed E-state index contributed by atoms with van der Waals surface area (Å²) in [4.78, 5) is 18.5. The predicted octanol–water partition coefficient (Wildman–Crippen LogP) is 0.887. The molecule has 2 aliphatic heterocycles. The van der Waals surface area contributed by atoms with Crippen LogP contribution < -0.4 is 5.32 Å². The summed E-state index contributed by atoms with van der Waals surface area (Å²) in [5.41, 5.74) is 0. The first-order chi connectivity index (χ1) is 10.6. The third kappa shape index (κ3) is 7.21. The maximum absolute atomic E-state index is 10.8. The average Bonchev–Trinajstić information content (AvgIpc) is 2.50. The zero-order chi connectivity index (χ0) is 15.8. The molecule has 0 spiro atoms. The molecule has 0 aromatic rings. The summed E-state index contributed by atoms with van der Waals surface area (Å²) in [5.74, 6) is 0.898. The van der Waals surface area contributed by atoms with Gasteiger partial charge in [-0.15, -0.1) is 0 Å². The van der Waals surface area contributed by atoms with Gasteiger partial charge in [-0.2, -0.15) is 0 Å². The molecular weight excluding hydrogens is 391 g/mol. The van der Waals surface area contributed by atoms with E-state index in [1.807, 2.05) is 22.6 Å². The number of rotatable bonds is 8. The van der Waals surface area contributed by atoms with Crippen LogP contribution in [0.25, 0.3) is 0 Å². The van der Waals surface area contributed by atoms with Gasteiger partial charge in [0.05, 0.1) is 6.54 Å². The number of hydrogen-bond donors (Lipinski definition) is 1. The Kier molecular flexibility index (Phi) is 8.59. The first-order valence-electron chi connectivity index (χ1n) is 8.66. The number of likely N-dealkylation sites (N-methyl/N-ethyl adjacent to an activating group) is 1. The summed E-state index contributed by atoms with van der Waals surface area (Å²) in [6.07, 6.45) is 3.85. The van der Waals surface area contributed by atoms with Gasteiger partial charge in [0.25, 0.3) is 0 Å². The molecule has 5 nitrogen and oxygen atoms in total. The first kappa shape index (κ1) is 18.6. The van der Waals surface area contributed by atoms with Crippen LogP contribution in [0, 0.1) is 5.92 Å². The lowest BCUT2D eigenvalue weighted by Gasteiger charge is -2.38. The van der Waals surface area contributed by atoms with Crippen LogP contribution in [0.5, 0.6) is 0 Å². The van der Waals surface area contributed by atoms with E-state index in [1.165, 1.54) is 65.2 Å². The van der Waals surface area contributed by atoms with Crippen LogP contribution in [0.4, 0.5) is 0 Å². The Balaban J connectivity index is 1.51. The number of carbonyl (C=O) groups is 1. The molecule has 0 aromatic carbocycles. The standard InChI is InChI=1S/C16H31IN4O/c1-19-9-11-21(12-10-19)14-15-3-7-20(8-4-15)6-2-5-18-13-16(17)22/h15,18H,2-14H2,1H3. The molecule has 22 heavy (non-hydrogen) atoms. The minimum atomic E-state index is 0.197. The maximum Gasteiger partial charge on any atom is 0.206 e. The molecule has 2 rings (SSSR count). The molecular formula is C16H31IN4O. The van der Waals surface area contributed by atoms with E-state index in [4.69, 9.17) is 0 Å². The van der Waals surface area contributed by atoms with Crippen LogP contribution in [-0.2, 0) is 4.79 Å². The number of nitrogens with one attached hydrogen (secondary N) is 1. The van der Waals surface area contributed by atoms with Crippen molar-refractivity contribution in [3.05, 3.63) is 0 Å². The van der Waals surface area contributed by atoms with Crippen molar-refractivity contribution in [3.8, 4) is 0 Å². The second-order valence-electron chi connectivity index (χ2n) is 6.77. The second-order valence-corrected chi connectivity index (χ2v) is 7.98. The van der Waals surface area contributed by atoms with E-state index in [-0.39, 0.29) is 3.79 Å². The van der Waals surface area contributed by atoms with Crippen molar-refractivity contribution in [1.29, 1.82) is 0 Å². The van der Waals surface area contributed by atoms with E-state index in [1.54, 1.807) is 0 Å². The lowest BCUT2D eigenvalue weighted by molar-refractivity contribution is -0.108. The lowest BCUT2D eigenvalue weighted by Crippen LogP contribution is -2.47. The van der Waals surface area contributed by atoms with Crippen LogP contribution in [0.3, 0.4) is 0 Å². The molecule has 0 radical (unpaired) electrons. The van der Waals surface area contributed by atoms with Crippen LogP contribution in [-0.4, -0.2) is 91.0 Å². The normalized spacial score (nSPS) is 23.0. The monoisotopic (exact) mass is 422 g/mol. The highest BCUT2D eigenvalue weighted by Gasteiger charge is 2.22. The molecule has 0 saturated carbocycles. The Bertz CT molecular complexity index is 326. The number of halogens is 1.